The van der Waals surface area contributed by atoms with Crippen molar-refractivity contribution >= 4 is 13.2 Å². The molecule has 2 unspecified atom stereocenters. The van der Waals surface area contributed by atoms with Crippen LogP contribution >= 0.6 is 0 Å². The molecule has 0 radical (unpaired) electrons. The Kier molecular flexibility index (Phi) is 7.74. The van der Waals surface area contributed by atoms with E-state index in [1.54, 1.807) is 7.11 Å². The van der Waals surface area contributed by atoms with Gasteiger partial charge in [0.05, 0.1) is 23.3 Å². The maximum atomic E-state index is 13.0. The highest BCUT2D eigenvalue weighted by Gasteiger charge is 2.52. The molecule has 7 heteroatoms. The summed E-state index contributed by atoms with van der Waals surface area (Å²) in [5.74, 6) is 0.311. The highest BCUT2D eigenvalue weighted by atomic mass is 16.7. The number of carbonyl (C=O) groups excluding carboxylic acids is 1. The number of amides is 1. The maximum absolute atomic E-state index is 13.0. The smallest absolute Gasteiger partial charge is 0.444 e. The molecule has 1 amide bonds. The lowest BCUT2D eigenvalue weighted by atomic mass is 9.75. The van der Waals surface area contributed by atoms with Crippen molar-refractivity contribution < 1.29 is 23.6 Å². The Balaban J connectivity index is 2.07. The van der Waals surface area contributed by atoms with Crippen molar-refractivity contribution in [2.24, 2.45) is 5.92 Å². The summed E-state index contributed by atoms with van der Waals surface area (Å²) in [6, 6.07) is 0. The first-order chi connectivity index (χ1) is 13.8. The van der Waals surface area contributed by atoms with Gasteiger partial charge in [-0.1, -0.05) is 12.5 Å². The van der Waals surface area contributed by atoms with Crippen LogP contribution in [0.2, 0.25) is 6.32 Å². The van der Waals surface area contributed by atoms with Gasteiger partial charge in [0.1, 0.15) is 5.60 Å². The van der Waals surface area contributed by atoms with E-state index in [2.05, 4.69) is 34.3 Å². The number of methoxy groups -OCH3 is 1. The van der Waals surface area contributed by atoms with Gasteiger partial charge in [0.2, 0.25) is 0 Å². The van der Waals surface area contributed by atoms with Crippen LogP contribution in [0.1, 0.15) is 74.1 Å². The van der Waals surface area contributed by atoms with Gasteiger partial charge >= 0.3 is 13.2 Å². The van der Waals surface area contributed by atoms with Crippen LogP contribution in [0.4, 0.5) is 4.79 Å². The first kappa shape index (κ1) is 25.2. The Labute approximate surface area is 183 Å². The van der Waals surface area contributed by atoms with Crippen LogP contribution in [0.5, 0.6) is 0 Å². The van der Waals surface area contributed by atoms with Crippen LogP contribution in [0.3, 0.4) is 0 Å². The minimum atomic E-state index is -0.529. The van der Waals surface area contributed by atoms with Gasteiger partial charge in [0, 0.05) is 13.7 Å². The molecule has 2 aliphatic rings. The summed E-state index contributed by atoms with van der Waals surface area (Å²) >= 11 is 0. The fraction of sp³-hybridized carbons (Fsp3) is 0.870. The number of hydrogen-bond donors (Lipinski definition) is 0. The molecule has 2 heterocycles. The zero-order valence-electron chi connectivity index (χ0n) is 20.4. The zero-order valence-corrected chi connectivity index (χ0v) is 20.4. The SMILES string of the molecule is C=CCC1(COC)C(CCCB2OC(C)(C)C(C)(C)O2)CCN1C(=O)OC(C)(C)C. The first-order valence-corrected chi connectivity index (χ1v) is 11.2. The largest absolute Gasteiger partial charge is 0.457 e. The molecular weight excluding hydrogens is 381 g/mol. The van der Waals surface area contributed by atoms with E-state index in [9.17, 15) is 4.79 Å². The third kappa shape index (κ3) is 5.41. The molecule has 6 nitrogen and oxygen atoms in total. The molecule has 2 rings (SSSR count). The highest BCUT2D eigenvalue weighted by Crippen LogP contribution is 2.43. The van der Waals surface area contributed by atoms with Crippen LogP contribution in [0, 0.1) is 5.92 Å². The summed E-state index contributed by atoms with van der Waals surface area (Å²) in [7, 11) is 1.51. The molecule has 0 aromatic rings. The van der Waals surface area contributed by atoms with Gasteiger partial charge in [-0.2, -0.15) is 0 Å². The Hall–Kier alpha value is -1.05. The number of likely N-dealkylation sites (tertiary alicyclic amines) is 1. The molecule has 0 N–H and O–H groups in total. The summed E-state index contributed by atoms with van der Waals surface area (Å²) in [4.78, 5) is 14.8. The van der Waals surface area contributed by atoms with Crippen molar-refractivity contribution in [1.29, 1.82) is 0 Å². The van der Waals surface area contributed by atoms with E-state index in [1.165, 1.54) is 0 Å². The van der Waals surface area contributed by atoms with Crippen molar-refractivity contribution in [3.05, 3.63) is 12.7 Å². The number of carbonyl (C=O) groups is 1. The Morgan fingerprint density at radius 1 is 1.23 bits per heavy atom. The minimum absolute atomic E-state index is 0.186. The number of rotatable bonds is 8. The second kappa shape index (κ2) is 9.21. The van der Waals surface area contributed by atoms with Gasteiger partial charge in [-0.25, -0.2) is 4.79 Å². The average molecular weight is 423 g/mol. The van der Waals surface area contributed by atoms with Gasteiger partial charge < -0.3 is 18.8 Å². The fourth-order valence-electron chi connectivity index (χ4n) is 4.65. The molecule has 0 aliphatic carbocycles. The van der Waals surface area contributed by atoms with Crippen LogP contribution in [0.25, 0.3) is 0 Å². The van der Waals surface area contributed by atoms with E-state index in [1.807, 2.05) is 31.7 Å². The molecule has 0 bridgehead atoms. The van der Waals surface area contributed by atoms with E-state index in [4.69, 9.17) is 18.8 Å². The molecule has 2 fully saturated rings. The van der Waals surface area contributed by atoms with Crippen LogP contribution < -0.4 is 0 Å². The predicted molar refractivity (Wildman–Crippen MR) is 121 cm³/mol. The van der Waals surface area contributed by atoms with E-state index >= 15 is 0 Å². The summed E-state index contributed by atoms with van der Waals surface area (Å²) in [6.45, 7) is 19.1. The molecule has 30 heavy (non-hydrogen) atoms. The van der Waals surface area contributed by atoms with Crippen LogP contribution in [-0.4, -0.2) is 60.7 Å². The summed E-state index contributed by atoms with van der Waals surface area (Å²) in [6.07, 6.45) is 6.01. The van der Waals surface area contributed by atoms with E-state index < -0.39 is 11.1 Å². The number of nitrogens with zero attached hydrogens (tertiary/aromatic N) is 1. The second-order valence-electron chi connectivity index (χ2n) is 10.8. The molecule has 2 saturated heterocycles. The lowest BCUT2D eigenvalue weighted by Gasteiger charge is -2.42. The quantitative estimate of drug-likeness (QED) is 0.403. The molecule has 172 valence electrons. The van der Waals surface area contributed by atoms with Crippen LogP contribution in [0.15, 0.2) is 12.7 Å². The molecule has 0 spiro atoms. The van der Waals surface area contributed by atoms with Crippen molar-refractivity contribution in [1.82, 2.24) is 4.90 Å². The summed E-state index contributed by atoms with van der Waals surface area (Å²) in [5.41, 5.74) is -1.56. The normalized spacial score (nSPS) is 28.1. The third-order valence-electron chi connectivity index (χ3n) is 6.80. The van der Waals surface area contributed by atoms with Gasteiger partial charge in [0.25, 0.3) is 0 Å². The molecule has 0 saturated carbocycles. The Morgan fingerprint density at radius 3 is 2.33 bits per heavy atom. The number of hydrogen-bond acceptors (Lipinski definition) is 5. The maximum Gasteiger partial charge on any atom is 0.457 e. The molecule has 2 aliphatic heterocycles. The van der Waals surface area contributed by atoms with Crippen LogP contribution in [-0.2, 0) is 18.8 Å². The molecule has 2 atom stereocenters. The Morgan fingerprint density at radius 2 is 1.83 bits per heavy atom. The van der Waals surface area contributed by atoms with Gasteiger partial charge in [0.15, 0.2) is 0 Å². The Bertz CT molecular complexity index is 599. The third-order valence-corrected chi connectivity index (χ3v) is 6.80. The van der Waals surface area contributed by atoms with Gasteiger partial charge in [-0.05, 0) is 80.0 Å². The fourth-order valence-corrected chi connectivity index (χ4v) is 4.65. The minimum Gasteiger partial charge on any atom is -0.444 e. The summed E-state index contributed by atoms with van der Waals surface area (Å²) < 4.78 is 23.6. The van der Waals surface area contributed by atoms with Crippen molar-refractivity contribution in [2.75, 3.05) is 20.3 Å². The van der Waals surface area contributed by atoms with E-state index in [0.717, 1.165) is 25.6 Å². The average Bonchev–Trinajstić information content (AvgIpc) is 3.01. The molecule has 0 aromatic heterocycles. The lowest BCUT2D eigenvalue weighted by Crippen LogP contribution is -2.54. The second-order valence-corrected chi connectivity index (χ2v) is 10.8. The van der Waals surface area contributed by atoms with Crippen molar-refractivity contribution in [2.45, 2.75) is 103 Å². The lowest BCUT2D eigenvalue weighted by molar-refractivity contribution is -0.0221. The standard InChI is InChI=1S/C23H42BNO5/c1-10-14-23(17-27-9)18(13-16-25(23)19(26)28-20(2,3)4)12-11-15-24-29-21(5,6)22(7,8)30-24/h10,18H,1,11-17H2,2-9H3. The van der Waals surface area contributed by atoms with E-state index in [-0.39, 0.29) is 24.4 Å². The van der Waals surface area contributed by atoms with Crippen molar-refractivity contribution in [3.8, 4) is 0 Å². The molecular formula is C23H42BNO5. The first-order valence-electron chi connectivity index (χ1n) is 11.2. The number of ether oxygens (including phenoxy) is 2. The van der Waals surface area contributed by atoms with Gasteiger partial charge in [-0.3, -0.25) is 4.90 Å². The predicted octanol–water partition coefficient (Wildman–Crippen LogP) is 5.08. The topological polar surface area (TPSA) is 57.2 Å². The monoisotopic (exact) mass is 423 g/mol. The van der Waals surface area contributed by atoms with Crippen molar-refractivity contribution in [3.63, 3.8) is 0 Å². The van der Waals surface area contributed by atoms with Gasteiger partial charge in [-0.15, -0.1) is 6.58 Å². The highest BCUT2D eigenvalue weighted by molar-refractivity contribution is 6.45. The van der Waals surface area contributed by atoms with E-state index in [0.29, 0.717) is 25.5 Å². The molecule has 0 aromatic carbocycles. The zero-order chi connectivity index (χ0) is 22.8. The summed E-state index contributed by atoms with van der Waals surface area (Å²) in [5, 5.41) is 0.